The van der Waals surface area contributed by atoms with E-state index in [4.69, 9.17) is 10.5 Å². The minimum Gasteiger partial charge on any atom is -0.247 e. The molecule has 0 unspecified atom stereocenters. The second kappa shape index (κ2) is 7.71. The van der Waals surface area contributed by atoms with E-state index in [1.165, 1.54) is 24.3 Å². The van der Waals surface area contributed by atoms with Gasteiger partial charge in [-0.3, -0.25) is 0 Å². The Morgan fingerprint density at radius 1 is 0.742 bits per heavy atom. The van der Waals surface area contributed by atoms with Gasteiger partial charge in [0, 0.05) is 11.1 Å². The molecule has 0 fully saturated rings. The minimum atomic E-state index is -4.14. The molecule has 6 nitrogen and oxygen atoms in total. The molecule has 0 aromatic heterocycles. The molecular formula is C22H14F2N4O2S. The molecule has 0 saturated carbocycles. The van der Waals surface area contributed by atoms with Gasteiger partial charge in [-0.2, -0.15) is 18.9 Å². The van der Waals surface area contributed by atoms with Crippen LogP contribution in [0.25, 0.3) is 0 Å². The van der Waals surface area contributed by atoms with Gasteiger partial charge >= 0.3 is 10.2 Å². The van der Waals surface area contributed by atoms with E-state index in [1.54, 1.807) is 24.3 Å². The third kappa shape index (κ3) is 3.56. The van der Waals surface area contributed by atoms with Crippen LogP contribution in [-0.2, 0) is 23.3 Å². The fourth-order valence-electron chi connectivity index (χ4n) is 3.39. The molecule has 9 heteroatoms. The molecule has 1 heterocycles. The van der Waals surface area contributed by atoms with Crippen LogP contribution in [0.2, 0.25) is 0 Å². The zero-order chi connectivity index (χ0) is 22.2. The Kier molecular flexibility index (Phi) is 5.05. The number of fused-ring (bicyclic) bond motifs is 1. The van der Waals surface area contributed by atoms with Crippen molar-refractivity contribution in [2.24, 2.45) is 0 Å². The van der Waals surface area contributed by atoms with Crippen molar-refractivity contribution in [3.63, 3.8) is 0 Å². The van der Waals surface area contributed by atoms with E-state index in [-0.39, 0.29) is 35.3 Å². The smallest absolute Gasteiger partial charge is 0.247 e. The molecule has 0 bridgehead atoms. The van der Waals surface area contributed by atoms with Gasteiger partial charge in [0.05, 0.1) is 47.7 Å². The molecule has 0 aliphatic carbocycles. The van der Waals surface area contributed by atoms with Crippen LogP contribution in [0.1, 0.15) is 22.3 Å². The fraction of sp³-hybridized carbons (Fsp3) is 0.0909. The molecule has 1 aliphatic rings. The van der Waals surface area contributed by atoms with Crippen LogP contribution in [0.5, 0.6) is 0 Å². The van der Waals surface area contributed by atoms with Crippen molar-refractivity contribution < 1.29 is 17.2 Å². The lowest BCUT2D eigenvalue weighted by Crippen LogP contribution is -2.37. The Morgan fingerprint density at radius 2 is 1.16 bits per heavy atom. The molecule has 4 rings (SSSR count). The van der Waals surface area contributed by atoms with E-state index in [1.807, 2.05) is 12.1 Å². The van der Waals surface area contributed by atoms with Gasteiger partial charge in [0.25, 0.3) is 0 Å². The topological polar surface area (TPSA) is 88.2 Å². The Labute approximate surface area is 178 Å². The zero-order valence-corrected chi connectivity index (χ0v) is 16.8. The highest BCUT2D eigenvalue weighted by Gasteiger charge is 2.40. The molecule has 3 aromatic carbocycles. The van der Waals surface area contributed by atoms with Crippen LogP contribution in [0.15, 0.2) is 60.7 Å². The highest BCUT2D eigenvalue weighted by atomic mass is 32.2. The second-order valence-corrected chi connectivity index (χ2v) is 8.62. The Balaban J connectivity index is 1.73. The van der Waals surface area contributed by atoms with E-state index >= 15 is 0 Å². The largest absolute Gasteiger partial charge is 0.327 e. The molecule has 154 valence electrons. The van der Waals surface area contributed by atoms with Gasteiger partial charge in [-0.05, 0) is 36.4 Å². The van der Waals surface area contributed by atoms with Crippen molar-refractivity contribution in [2.45, 2.75) is 13.1 Å². The minimum absolute atomic E-state index is 0.101. The SMILES string of the molecule is N#Cc1ccc(CN2c3ccccc3N(Cc3ccc(C#N)cc3F)S2(=O)=O)c(F)c1. The zero-order valence-electron chi connectivity index (χ0n) is 16.0. The third-order valence-corrected chi connectivity index (χ3v) is 6.73. The highest BCUT2D eigenvalue weighted by molar-refractivity contribution is 7.94. The third-order valence-electron chi connectivity index (χ3n) is 4.97. The number of rotatable bonds is 4. The summed E-state index contributed by atoms with van der Waals surface area (Å²) in [5.74, 6) is -1.38. The molecule has 0 spiro atoms. The van der Waals surface area contributed by atoms with Crippen molar-refractivity contribution in [3.05, 3.63) is 94.6 Å². The van der Waals surface area contributed by atoms with Gasteiger partial charge < -0.3 is 0 Å². The van der Waals surface area contributed by atoms with E-state index in [0.29, 0.717) is 11.4 Å². The maximum absolute atomic E-state index is 14.4. The molecule has 3 aromatic rings. The van der Waals surface area contributed by atoms with Gasteiger partial charge in [0.1, 0.15) is 11.6 Å². The summed E-state index contributed by atoms with van der Waals surface area (Å²) >= 11 is 0. The lowest BCUT2D eigenvalue weighted by atomic mass is 10.1. The lowest BCUT2D eigenvalue weighted by molar-refractivity contribution is 0.581. The summed E-state index contributed by atoms with van der Waals surface area (Å²) < 4.78 is 57.6. The molecule has 0 saturated heterocycles. The standard InChI is InChI=1S/C22H14F2N4O2S/c23-19-9-15(11-25)5-7-17(19)13-27-21-3-1-2-4-22(21)28(31(27,29)30)14-18-8-6-16(12-26)10-20(18)24/h1-10H,13-14H2. The molecule has 1 aliphatic heterocycles. The van der Waals surface area contributed by atoms with Crippen LogP contribution in [0, 0.1) is 34.3 Å². The number of anilines is 2. The first-order chi connectivity index (χ1) is 14.8. The average molecular weight is 436 g/mol. The summed E-state index contributed by atoms with van der Waals surface area (Å²) in [6.45, 7) is -0.577. The van der Waals surface area contributed by atoms with E-state index in [0.717, 1.165) is 20.7 Å². The van der Waals surface area contributed by atoms with Crippen LogP contribution >= 0.6 is 0 Å². The van der Waals surface area contributed by atoms with Crippen LogP contribution < -0.4 is 8.61 Å². The first-order valence-corrected chi connectivity index (χ1v) is 10.5. The summed E-state index contributed by atoms with van der Waals surface area (Å²) in [6, 6.07) is 17.8. The summed E-state index contributed by atoms with van der Waals surface area (Å²) in [5, 5.41) is 17.8. The summed E-state index contributed by atoms with van der Waals surface area (Å²) in [4.78, 5) is 0. The Hall–Kier alpha value is -3.95. The van der Waals surface area contributed by atoms with Gasteiger partial charge in [-0.25, -0.2) is 17.4 Å². The van der Waals surface area contributed by atoms with Gasteiger partial charge in [-0.15, -0.1) is 0 Å². The quantitative estimate of drug-likeness (QED) is 0.619. The fourth-order valence-corrected chi connectivity index (χ4v) is 5.03. The molecule has 0 amide bonds. The predicted molar refractivity (Wildman–Crippen MR) is 110 cm³/mol. The molecule has 0 radical (unpaired) electrons. The Morgan fingerprint density at radius 3 is 1.52 bits per heavy atom. The van der Waals surface area contributed by atoms with E-state index in [9.17, 15) is 17.2 Å². The molecule has 31 heavy (non-hydrogen) atoms. The van der Waals surface area contributed by atoms with Crippen molar-refractivity contribution in [1.29, 1.82) is 10.5 Å². The Bertz CT molecular complexity index is 1280. The van der Waals surface area contributed by atoms with Crippen molar-refractivity contribution in [1.82, 2.24) is 0 Å². The van der Waals surface area contributed by atoms with Gasteiger partial charge in [0.15, 0.2) is 0 Å². The normalized spacial score (nSPS) is 14.1. The van der Waals surface area contributed by atoms with E-state index in [2.05, 4.69) is 0 Å². The predicted octanol–water partition coefficient (Wildman–Crippen LogP) is 3.98. The summed E-state index contributed by atoms with van der Waals surface area (Å²) in [7, 11) is -4.14. The first-order valence-electron chi connectivity index (χ1n) is 9.11. The number of halogens is 2. The second-order valence-electron chi connectivity index (χ2n) is 6.85. The molecule has 0 atom stereocenters. The number of hydrogen-bond acceptors (Lipinski definition) is 4. The summed E-state index contributed by atoms with van der Waals surface area (Å²) in [5.41, 5.74) is 1.13. The van der Waals surface area contributed by atoms with E-state index < -0.39 is 21.8 Å². The number of nitrogens with zero attached hydrogens (tertiary/aromatic N) is 4. The lowest BCUT2D eigenvalue weighted by Gasteiger charge is -2.22. The number of benzene rings is 3. The number of nitriles is 2. The van der Waals surface area contributed by atoms with Gasteiger partial charge in [-0.1, -0.05) is 24.3 Å². The molecule has 0 N–H and O–H groups in total. The van der Waals surface area contributed by atoms with Crippen LogP contribution in [0.4, 0.5) is 20.2 Å². The van der Waals surface area contributed by atoms with Crippen molar-refractivity contribution >= 4 is 21.6 Å². The van der Waals surface area contributed by atoms with Crippen molar-refractivity contribution in [3.8, 4) is 12.1 Å². The first kappa shape index (κ1) is 20.3. The number of hydrogen-bond donors (Lipinski definition) is 0. The van der Waals surface area contributed by atoms with Crippen LogP contribution in [0.3, 0.4) is 0 Å². The highest BCUT2D eigenvalue weighted by Crippen LogP contribution is 2.42. The summed E-state index contributed by atoms with van der Waals surface area (Å²) in [6.07, 6.45) is 0. The monoisotopic (exact) mass is 436 g/mol. The number of para-hydroxylation sites is 2. The van der Waals surface area contributed by atoms with Gasteiger partial charge in [0.2, 0.25) is 0 Å². The molecular weight excluding hydrogens is 422 g/mol. The average Bonchev–Trinajstić information content (AvgIpc) is 2.97. The van der Waals surface area contributed by atoms with Crippen LogP contribution in [-0.4, -0.2) is 8.42 Å². The maximum Gasteiger partial charge on any atom is 0.327 e. The van der Waals surface area contributed by atoms with Crippen molar-refractivity contribution in [2.75, 3.05) is 8.61 Å². The maximum atomic E-state index is 14.4.